The van der Waals surface area contributed by atoms with E-state index in [-0.39, 0.29) is 23.5 Å². The van der Waals surface area contributed by atoms with Crippen molar-refractivity contribution in [3.63, 3.8) is 0 Å². The molecule has 1 amide bonds. The molecular formula is C15H28N2O4. The van der Waals surface area contributed by atoms with E-state index in [0.717, 1.165) is 26.3 Å². The van der Waals surface area contributed by atoms with Crippen LogP contribution in [0.3, 0.4) is 0 Å². The molecule has 2 fully saturated rings. The fourth-order valence-electron chi connectivity index (χ4n) is 2.75. The molecule has 0 spiro atoms. The van der Waals surface area contributed by atoms with E-state index in [1.54, 1.807) is 0 Å². The highest BCUT2D eigenvalue weighted by Crippen LogP contribution is 2.20. The zero-order chi connectivity index (χ0) is 15.5. The number of carbonyl (C=O) groups excluding carboxylic acids is 1. The Hall–Kier alpha value is -0.690. The van der Waals surface area contributed by atoms with Gasteiger partial charge in [0.05, 0.1) is 32.0 Å². The Labute approximate surface area is 126 Å². The van der Waals surface area contributed by atoms with Crippen LogP contribution in [0.25, 0.3) is 0 Å². The van der Waals surface area contributed by atoms with Gasteiger partial charge in [-0.1, -0.05) is 20.8 Å². The summed E-state index contributed by atoms with van der Waals surface area (Å²) in [5.41, 5.74) is -0.0539. The number of hydrogen-bond acceptors (Lipinski definition) is 5. The van der Waals surface area contributed by atoms with Crippen molar-refractivity contribution in [1.29, 1.82) is 0 Å². The van der Waals surface area contributed by atoms with Crippen molar-refractivity contribution in [2.75, 3.05) is 39.5 Å². The van der Waals surface area contributed by atoms with Crippen molar-refractivity contribution in [1.82, 2.24) is 10.2 Å². The Morgan fingerprint density at radius 1 is 1.33 bits per heavy atom. The van der Waals surface area contributed by atoms with Gasteiger partial charge in [0.2, 0.25) is 5.91 Å². The maximum Gasteiger partial charge on any atom is 0.220 e. The molecule has 21 heavy (non-hydrogen) atoms. The van der Waals surface area contributed by atoms with Crippen LogP contribution < -0.4 is 5.32 Å². The predicted octanol–water partition coefficient (Wildman–Crippen LogP) is -0.000700. The van der Waals surface area contributed by atoms with E-state index in [4.69, 9.17) is 9.47 Å². The Bertz CT molecular complexity index is 350. The topological polar surface area (TPSA) is 71.0 Å². The number of carbonyl (C=O) groups is 1. The minimum absolute atomic E-state index is 0.0258. The molecular weight excluding hydrogens is 272 g/mol. The van der Waals surface area contributed by atoms with Crippen LogP contribution in [-0.2, 0) is 14.3 Å². The summed E-state index contributed by atoms with van der Waals surface area (Å²) in [4.78, 5) is 14.2. The van der Waals surface area contributed by atoms with Crippen LogP contribution in [0.1, 0.15) is 27.2 Å². The van der Waals surface area contributed by atoms with E-state index < -0.39 is 6.10 Å². The Morgan fingerprint density at radius 3 is 2.62 bits per heavy atom. The number of amides is 1. The van der Waals surface area contributed by atoms with Gasteiger partial charge in [-0.25, -0.2) is 0 Å². The van der Waals surface area contributed by atoms with Gasteiger partial charge in [0.15, 0.2) is 0 Å². The molecule has 3 unspecified atom stereocenters. The average Bonchev–Trinajstić information content (AvgIpc) is 2.70. The number of aliphatic hydroxyl groups excluding tert-OH is 1. The molecule has 0 radical (unpaired) electrons. The maximum absolute atomic E-state index is 12.0. The molecule has 122 valence electrons. The molecule has 2 aliphatic heterocycles. The van der Waals surface area contributed by atoms with Gasteiger partial charge in [0.25, 0.3) is 0 Å². The van der Waals surface area contributed by atoms with Gasteiger partial charge in [-0.3, -0.25) is 9.69 Å². The molecule has 2 heterocycles. The van der Waals surface area contributed by atoms with E-state index >= 15 is 0 Å². The Morgan fingerprint density at radius 2 is 2.00 bits per heavy atom. The Kier molecular flexibility index (Phi) is 5.60. The lowest BCUT2D eigenvalue weighted by Gasteiger charge is -2.30. The average molecular weight is 300 g/mol. The van der Waals surface area contributed by atoms with Crippen molar-refractivity contribution in [2.45, 2.75) is 45.4 Å². The van der Waals surface area contributed by atoms with Gasteiger partial charge in [0.1, 0.15) is 6.10 Å². The van der Waals surface area contributed by atoms with Crippen molar-refractivity contribution < 1.29 is 19.4 Å². The zero-order valence-electron chi connectivity index (χ0n) is 13.3. The van der Waals surface area contributed by atoms with Crippen LogP contribution in [0, 0.1) is 5.41 Å². The first-order chi connectivity index (χ1) is 9.85. The second kappa shape index (κ2) is 7.05. The van der Waals surface area contributed by atoms with Crippen LogP contribution in [0.4, 0.5) is 0 Å². The summed E-state index contributed by atoms with van der Waals surface area (Å²) in [6.45, 7) is 10.3. The quantitative estimate of drug-likeness (QED) is 0.765. The number of aliphatic hydroxyl groups is 1. The third-order valence-electron chi connectivity index (χ3n) is 3.86. The van der Waals surface area contributed by atoms with Crippen LogP contribution in [-0.4, -0.2) is 73.6 Å². The lowest BCUT2D eigenvalue weighted by Crippen LogP contribution is -2.48. The van der Waals surface area contributed by atoms with E-state index in [0.29, 0.717) is 19.6 Å². The smallest absolute Gasteiger partial charge is 0.220 e. The van der Waals surface area contributed by atoms with Crippen LogP contribution >= 0.6 is 0 Å². The molecule has 6 heteroatoms. The molecule has 6 nitrogen and oxygen atoms in total. The molecule has 0 aromatic carbocycles. The van der Waals surface area contributed by atoms with Crippen molar-refractivity contribution in [3.8, 4) is 0 Å². The first-order valence-corrected chi connectivity index (χ1v) is 7.74. The van der Waals surface area contributed by atoms with Gasteiger partial charge in [0, 0.05) is 26.1 Å². The molecule has 0 saturated carbocycles. The van der Waals surface area contributed by atoms with Crippen LogP contribution in [0.5, 0.6) is 0 Å². The second-order valence-corrected chi connectivity index (χ2v) is 7.19. The van der Waals surface area contributed by atoms with Gasteiger partial charge in [-0.05, 0) is 5.41 Å². The maximum atomic E-state index is 12.0. The number of ether oxygens (including phenoxy) is 2. The zero-order valence-corrected chi connectivity index (χ0v) is 13.3. The standard InChI is InChI=1S/C15H28N2O4/c1-15(2,3)8-13(18)16-11-10-21-12(14(11)19)9-17-4-6-20-7-5-17/h11-12,14,19H,4-10H2,1-3H3,(H,16,18). The van der Waals surface area contributed by atoms with E-state index in [2.05, 4.69) is 10.2 Å². The van der Waals surface area contributed by atoms with Gasteiger partial charge in [-0.2, -0.15) is 0 Å². The molecule has 2 aliphatic rings. The molecule has 0 aromatic rings. The predicted molar refractivity (Wildman–Crippen MR) is 79.0 cm³/mol. The molecule has 0 aliphatic carbocycles. The largest absolute Gasteiger partial charge is 0.388 e. The third-order valence-corrected chi connectivity index (χ3v) is 3.86. The van der Waals surface area contributed by atoms with E-state index in [1.165, 1.54) is 0 Å². The summed E-state index contributed by atoms with van der Waals surface area (Å²) in [5, 5.41) is 13.2. The molecule has 2 saturated heterocycles. The second-order valence-electron chi connectivity index (χ2n) is 7.19. The molecule has 2 rings (SSSR count). The monoisotopic (exact) mass is 300 g/mol. The van der Waals surface area contributed by atoms with E-state index in [1.807, 2.05) is 20.8 Å². The lowest BCUT2D eigenvalue weighted by atomic mass is 9.91. The molecule has 0 bridgehead atoms. The van der Waals surface area contributed by atoms with Crippen LogP contribution in [0.15, 0.2) is 0 Å². The summed E-state index contributed by atoms with van der Waals surface area (Å²) in [6, 6.07) is -0.300. The normalized spacial score (nSPS) is 31.3. The highest BCUT2D eigenvalue weighted by atomic mass is 16.5. The molecule has 3 atom stereocenters. The fraction of sp³-hybridized carbons (Fsp3) is 0.933. The summed E-state index contributed by atoms with van der Waals surface area (Å²) in [5.74, 6) is -0.0258. The summed E-state index contributed by atoms with van der Waals surface area (Å²) in [6.07, 6.45) is -0.426. The third kappa shape index (κ3) is 5.21. The Balaban J connectivity index is 1.78. The van der Waals surface area contributed by atoms with Crippen molar-refractivity contribution in [2.24, 2.45) is 5.41 Å². The fourth-order valence-corrected chi connectivity index (χ4v) is 2.75. The molecule has 2 N–H and O–H groups in total. The van der Waals surface area contributed by atoms with E-state index in [9.17, 15) is 9.90 Å². The first kappa shape index (κ1) is 16.7. The number of morpholine rings is 1. The number of nitrogens with one attached hydrogen (secondary N) is 1. The summed E-state index contributed by atoms with van der Waals surface area (Å²) >= 11 is 0. The SMILES string of the molecule is CC(C)(C)CC(=O)NC1COC(CN2CCOCC2)C1O. The minimum Gasteiger partial charge on any atom is -0.388 e. The first-order valence-electron chi connectivity index (χ1n) is 7.74. The van der Waals surface area contributed by atoms with Gasteiger partial charge < -0.3 is 19.9 Å². The number of nitrogens with zero attached hydrogens (tertiary/aromatic N) is 1. The minimum atomic E-state index is -0.642. The highest BCUT2D eigenvalue weighted by molar-refractivity contribution is 5.77. The molecule has 0 aromatic heterocycles. The summed E-state index contributed by atoms with van der Waals surface area (Å²) < 4.78 is 11.0. The van der Waals surface area contributed by atoms with Crippen molar-refractivity contribution in [3.05, 3.63) is 0 Å². The number of rotatable bonds is 4. The highest BCUT2D eigenvalue weighted by Gasteiger charge is 2.38. The lowest BCUT2D eigenvalue weighted by molar-refractivity contribution is -0.124. The van der Waals surface area contributed by atoms with Crippen molar-refractivity contribution >= 4 is 5.91 Å². The van der Waals surface area contributed by atoms with Gasteiger partial charge in [-0.15, -0.1) is 0 Å². The summed E-state index contributed by atoms with van der Waals surface area (Å²) in [7, 11) is 0. The van der Waals surface area contributed by atoms with Crippen LogP contribution in [0.2, 0.25) is 0 Å². The van der Waals surface area contributed by atoms with Gasteiger partial charge >= 0.3 is 0 Å². The number of hydrogen-bond donors (Lipinski definition) is 2.